The van der Waals surface area contributed by atoms with Gasteiger partial charge in [0, 0.05) is 5.56 Å². The van der Waals surface area contributed by atoms with Crippen LogP contribution in [0.1, 0.15) is 20.0 Å². The lowest BCUT2D eigenvalue weighted by Gasteiger charge is -2.08. The summed E-state index contributed by atoms with van der Waals surface area (Å²) in [4.78, 5) is 35.5. The van der Waals surface area contributed by atoms with Gasteiger partial charge in [-0.1, -0.05) is 18.2 Å². The van der Waals surface area contributed by atoms with E-state index in [9.17, 15) is 14.4 Å². The average Bonchev–Trinajstić information content (AvgIpc) is 2.97. The number of amides is 3. The molecule has 0 fully saturated rings. The van der Waals surface area contributed by atoms with E-state index in [0.29, 0.717) is 10.4 Å². The molecule has 22 heavy (non-hydrogen) atoms. The summed E-state index contributed by atoms with van der Waals surface area (Å²) in [5.74, 6) is -1.30. The van der Waals surface area contributed by atoms with Crippen molar-refractivity contribution in [3.63, 3.8) is 0 Å². The zero-order chi connectivity index (χ0) is 15.9. The fourth-order valence-corrected chi connectivity index (χ4v) is 2.82. The first-order chi connectivity index (χ1) is 10.6. The van der Waals surface area contributed by atoms with Crippen molar-refractivity contribution in [3.8, 4) is 0 Å². The van der Waals surface area contributed by atoms with Crippen molar-refractivity contribution in [2.45, 2.75) is 0 Å². The summed E-state index contributed by atoms with van der Waals surface area (Å²) in [7, 11) is 0. The molecule has 2 rings (SSSR count). The molecule has 0 unspecified atom stereocenters. The quantitative estimate of drug-likeness (QED) is 0.704. The Morgan fingerprint density at radius 1 is 0.955 bits per heavy atom. The Hall–Kier alpha value is -2.19. The van der Waals surface area contributed by atoms with E-state index in [2.05, 4.69) is 32.1 Å². The molecule has 1 heterocycles. The SMILES string of the molecule is O=C(CNC(=O)c1ccc(Br)s1)NNC(=O)c1ccccc1. The number of rotatable bonds is 4. The Morgan fingerprint density at radius 2 is 1.68 bits per heavy atom. The summed E-state index contributed by atoms with van der Waals surface area (Å²) in [6.45, 7) is -0.233. The van der Waals surface area contributed by atoms with Crippen molar-refractivity contribution in [1.82, 2.24) is 16.2 Å². The predicted molar refractivity (Wildman–Crippen MR) is 86.4 cm³/mol. The van der Waals surface area contributed by atoms with Crippen LogP contribution < -0.4 is 16.2 Å². The standard InChI is InChI=1S/C14H12BrN3O3S/c15-11-7-6-10(22-11)14(21)16-8-12(19)17-18-13(20)9-4-2-1-3-5-9/h1-7H,8H2,(H,16,21)(H,17,19)(H,18,20). The van der Waals surface area contributed by atoms with Gasteiger partial charge < -0.3 is 5.32 Å². The molecule has 0 aliphatic carbocycles. The van der Waals surface area contributed by atoms with Gasteiger partial charge in [0.15, 0.2) is 0 Å². The minimum absolute atomic E-state index is 0.233. The molecule has 3 amide bonds. The van der Waals surface area contributed by atoms with Crippen molar-refractivity contribution < 1.29 is 14.4 Å². The first kappa shape index (κ1) is 16.2. The van der Waals surface area contributed by atoms with Gasteiger partial charge in [0.05, 0.1) is 15.2 Å². The molecule has 3 N–H and O–H groups in total. The van der Waals surface area contributed by atoms with E-state index in [0.717, 1.165) is 3.79 Å². The Bertz CT molecular complexity index is 688. The maximum Gasteiger partial charge on any atom is 0.269 e. The van der Waals surface area contributed by atoms with Gasteiger partial charge in [-0.3, -0.25) is 25.2 Å². The molecule has 0 atom stereocenters. The van der Waals surface area contributed by atoms with Crippen LogP contribution in [0.4, 0.5) is 0 Å². The second-order valence-corrected chi connectivity index (χ2v) is 6.62. The second kappa shape index (κ2) is 7.71. The van der Waals surface area contributed by atoms with Gasteiger partial charge in [0.2, 0.25) is 0 Å². The van der Waals surface area contributed by atoms with E-state index < -0.39 is 11.8 Å². The molecule has 0 radical (unpaired) electrons. The zero-order valence-corrected chi connectivity index (χ0v) is 13.7. The van der Waals surface area contributed by atoms with Crippen LogP contribution in [0, 0.1) is 0 Å². The molecule has 0 aliphatic heterocycles. The van der Waals surface area contributed by atoms with E-state index in [1.807, 2.05) is 0 Å². The van der Waals surface area contributed by atoms with Crippen LogP contribution in [0.2, 0.25) is 0 Å². The fourth-order valence-electron chi connectivity index (χ4n) is 1.52. The van der Waals surface area contributed by atoms with E-state index in [4.69, 9.17) is 0 Å². The first-order valence-corrected chi connectivity index (χ1v) is 7.85. The monoisotopic (exact) mass is 381 g/mol. The lowest BCUT2D eigenvalue weighted by atomic mass is 10.2. The number of hydrogen-bond acceptors (Lipinski definition) is 4. The predicted octanol–water partition coefficient (Wildman–Crippen LogP) is 1.70. The molecular formula is C14H12BrN3O3S. The largest absolute Gasteiger partial charge is 0.342 e. The van der Waals surface area contributed by atoms with E-state index in [1.165, 1.54) is 11.3 Å². The molecule has 0 bridgehead atoms. The number of nitrogens with one attached hydrogen (secondary N) is 3. The molecule has 1 aromatic heterocycles. The third-order valence-electron chi connectivity index (χ3n) is 2.56. The fraction of sp³-hybridized carbons (Fsp3) is 0.0714. The van der Waals surface area contributed by atoms with E-state index in [1.54, 1.807) is 42.5 Å². The van der Waals surface area contributed by atoms with Crippen LogP contribution in [0.5, 0.6) is 0 Å². The third-order valence-corrected chi connectivity index (χ3v) is 4.18. The van der Waals surface area contributed by atoms with Crippen molar-refractivity contribution in [2.24, 2.45) is 0 Å². The summed E-state index contributed by atoms with van der Waals surface area (Å²) in [6, 6.07) is 11.9. The summed E-state index contributed by atoms with van der Waals surface area (Å²) >= 11 is 4.52. The van der Waals surface area contributed by atoms with Crippen molar-refractivity contribution in [1.29, 1.82) is 0 Å². The lowest BCUT2D eigenvalue weighted by molar-refractivity contribution is -0.120. The van der Waals surface area contributed by atoms with Gasteiger partial charge in [-0.2, -0.15) is 0 Å². The first-order valence-electron chi connectivity index (χ1n) is 6.24. The molecular weight excluding hydrogens is 370 g/mol. The number of carbonyl (C=O) groups excluding carboxylic acids is 3. The Balaban J connectivity index is 1.74. The third kappa shape index (κ3) is 4.68. The minimum Gasteiger partial charge on any atom is -0.342 e. The van der Waals surface area contributed by atoms with Gasteiger partial charge in [-0.15, -0.1) is 11.3 Å². The van der Waals surface area contributed by atoms with Crippen molar-refractivity contribution >= 4 is 45.0 Å². The number of thiophene rings is 1. The van der Waals surface area contributed by atoms with Gasteiger partial charge in [-0.05, 0) is 40.2 Å². The van der Waals surface area contributed by atoms with Crippen LogP contribution in [-0.2, 0) is 4.79 Å². The molecule has 8 heteroatoms. The molecule has 0 saturated carbocycles. The lowest BCUT2D eigenvalue weighted by Crippen LogP contribution is -2.46. The van der Waals surface area contributed by atoms with Crippen molar-refractivity contribution in [2.75, 3.05) is 6.54 Å². The normalized spacial score (nSPS) is 9.86. The molecule has 6 nitrogen and oxygen atoms in total. The molecule has 0 aliphatic rings. The van der Waals surface area contributed by atoms with E-state index in [-0.39, 0.29) is 12.5 Å². The van der Waals surface area contributed by atoms with Gasteiger partial charge in [0.1, 0.15) is 0 Å². The second-order valence-electron chi connectivity index (χ2n) is 4.15. The minimum atomic E-state index is -0.520. The Labute approximate surface area is 139 Å². The molecule has 114 valence electrons. The highest BCUT2D eigenvalue weighted by Gasteiger charge is 2.11. The van der Waals surface area contributed by atoms with Crippen molar-refractivity contribution in [3.05, 3.63) is 56.7 Å². The summed E-state index contributed by atoms with van der Waals surface area (Å²) in [6.07, 6.45) is 0. The molecule has 2 aromatic rings. The average molecular weight is 382 g/mol. The maximum absolute atomic E-state index is 11.7. The highest BCUT2D eigenvalue weighted by atomic mass is 79.9. The van der Waals surface area contributed by atoms with Gasteiger partial charge in [0.25, 0.3) is 17.7 Å². The number of hydrogen-bond donors (Lipinski definition) is 3. The zero-order valence-electron chi connectivity index (χ0n) is 11.3. The van der Waals surface area contributed by atoms with Crippen LogP contribution in [0.3, 0.4) is 0 Å². The Kier molecular flexibility index (Phi) is 5.68. The number of carbonyl (C=O) groups is 3. The molecule has 0 saturated heterocycles. The molecule has 1 aromatic carbocycles. The Morgan fingerprint density at radius 3 is 2.32 bits per heavy atom. The summed E-state index contributed by atoms with van der Waals surface area (Å²) in [5, 5.41) is 2.46. The summed E-state index contributed by atoms with van der Waals surface area (Å²) in [5.41, 5.74) is 4.93. The number of benzene rings is 1. The van der Waals surface area contributed by atoms with Gasteiger partial charge in [-0.25, -0.2) is 0 Å². The number of halogens is 1. The highest BCUT2D eigenvalue weighted by molar-refractivity contribution is 9.11. The van der Waals surface area contributed by atoms with Crippen LogP contribution in [0.15, 0.2) is 46.3 Å². The van der Waals surface area contributed by atoms with E-state index >= 15 is 0 Å². The van der Waals surface area contributed by atoms with Crippen LogP contribution in [0.25, 0.3) is 0 Å². The topological polar surface area (TPSA) is 87.3 Å². The van der Waals surface area contributed by atoms with Gasteiger partial charge >= 0.3 is 0 Å². The highest BCUT2D eigenvalue weighted by Crippen LogP contribution is 2.21. The van der Waals surface area contributed by atoms with Crippen LogP contribution in [-0.4, -0.2) is 24.3 Å². The number of hydrazine groups is 1. The summed E-state index contributed by atoms with van der Waals surface area (Å²) < 4.78 is 0.831. The van der Waals surface area contributed by atoms with Crippen LogP contribution >= 0.6 is 27.3 Å². The molecule has 0 spiro atoms. The smallest absolute Gasteiger partial charge is 0.269 e. The maximum atomic E-state index is 11.7.